The Labute approximate surface area is 153 Å². The number of Topliss-reactive ketones (excluding diaryl/α,β-unsaturated/α-hetero) is 1. The Balaban J connectivity index is 1.79. The quantitative estimate of drug-likeness (QED) is 0.663. The molecule has 0 aliphatic heterocycles. The van der Waals surface area contributed by atoms with Gasteiger partial charge in [-0.1, -0.05) is 48.5 Å². The van der Waals surface area contributed by atoms with E-state index in [1.807, 2.05) is 6.07 Å². The van der Waals surface area contributed by atoms with E-state index in [0.29, 0.717) is 5.69 Å². The Morgan fingerprint density at radius 3 is 2.30 bits per heavy atom. The van der Waals surface area contributed by atoms with Crippen LogP contribution in [-0.4, -0.2) is 28.1 Å². The summed E-state index contributed by atoms with van der Waals surface area (Å²) < 4.78 is 32.0. The van der Waals surface area contributed by atoms with Crippen LogP contribution in [0.2, 0.25) is 0 Å². The van der Waals surface area contributed by atoms with Gasteiger partial charge in [-0.05, 0) is 17.7 Å². The predicted octanol–water partition coefficient (Wildman–Crippen LogP) is 4.07. The number of rotatable bonds is 6. The molecule has 3 rings (SSSR count). The third-order valence-corrected chi connectivity index (χ3v) is 3.62. The zero-order chi connectivity index (χ0) is 19.2. The number of hydrogen-bond acceptors (Lipinski definition) is 4. The first-order valence-electron chi connectivity index (χ1n) is 8.00. The van der Waals surface area contributed by atoms with E-state index in [1.54, 1.807) is 54.6 Å². The van der Waals surface area contributed by atoms with Crippen molar-refractivity contribution in [2.75, 3.05) is 5.32 Å². The monoisotopic (exact) mass is 371 g/mol. The van der Waals surface area contributed by atoms with Gasteiger partial charge in [0.1, 0.15) is 6.61 Å². The van der Waals surface area contributed by atoms with Crippen molar-refractivity contribution in [1.82, 2.24) is 9.78 Å². The van der Waals surface area contributed by atoms with Crippen molar-refractivity contribution in [2.24, 2.45) is 0 Å². The number of carbonyl (C=O) groups excluding carboxylic acids is 2. The molecule has 1 N–H and O–H groups in total. The number of ether oxygens (including phenoxy) is 1. The zero-order valence-corrected chi connectivity index (χ0v) is 14.0. The molecule has 1 aromatic heterocycles. The summed E-state index contributed by atoms with van der Waals surface area (Å²) in [7, 11) is 0. The van der Waals surface area contributed by atoms with Crippen LogP contribution in [0.3, 0.4) is 0 Å². The molecule has 0 atom stereocenters. The van der Waals surface area contributed by atoms with Crippen molar-refractivity contribution < 1.29 is 23.1 Å². The minimum absolute atomic E-state index is 0.00236. The van der Waals surface area contributed by atoms with Gasteiger partial charge in [0.25, 0.3) is 5.78 Å². The number of anilines is 1. The number of nitrogens with zero attached hydrogens (tertiary/aromatic N) is 2. The van der Waals surface area contributed by atoms with Crippen molar-refractivity contribution in [1.29, 1.82) is 0 Å². The lowest BCUT2D eigenvalue weighted by Gasteiger charge is -2.06. The Kier molecular flexibility index (Phi) is 5.55. The third kappa shape index (κ3) is 4.55. The van der Waals surface area contributed by atoms with Gasteiger partial charge >= 0.3 is 12.5 Å². The number of para-hydroxylation sites is 1. The first kappa shape index (κ1) is 18.2. The molecule has 0 aliphatic carbocycles. The Morgan fingerprint density at radius 2 is 1.67 bits per heavy atom. The number of halogens is 2. The van der Waals surface area contributed by atoms with E-state index < -0.39 is 24.0 Å². The fourth-order valence-electron chi connectivity index (χ4n) is 2.33. The molecular formula is C19H15F2N3O3. The summed E-state index contributed by atoms with van der Waals surface area (Å²) in [6.07, 6.45) is -2.84. The van der Waals surface area contributed by atoms with E-state index in [-0.39, 0.29) is 12.3 Å². The SMILES string of the molecule is O=C(Nc1cn(-c2ccccc2)nc1C(=O)C(F)F)OCc1ccccc1. The van der Waals surface area contributed by atoms with Gasteiger partial charge < -0.3 is 4.74 Å². The highest BCUT2D eigenvalue weighted by molar-refractivity contribution is 6.03. The molecule has 1 amide bonds. The molecule has 0 fully saturated rings. The van der Waals surface area contributed by atoms with E-state index >= 15 is 0 Å². The van der Waals surface area contributed by atoms with Gasteiger partial charge in [0.15, 0.2) is 5.69 Å². The van der Waals surface area contributed by atoms with Crippen molar-refractivity contribution in [3.63, 3.8) is 0 Å². The maximum atomic E-state index is 12.9. The highest BCUT2D eigenvalue weighted by atomic mass is 19.3. The number of aromatic nitrogens is 2. The number of amides is 1. The lowest BCUT2D eigenvalue weighted by Crippen LogP contribution is -2.18. The normalized spacial score (nSPS) is 10.6. The summed E-state index contributed by atoms with van der Waals surface area (Å²) in [6.45, 7) is -0.00236. The van der Waals surface area contributed by atoms with Crippen LogP contribution < -0.4 is 5.32 Å². The molecule has 0 saturated carbocycles. The fourth-order valence-corrected chi connectivity index (χ4v) is 2.33. The lowest BCUT2D eigenvalue weighted by atomic mass is 10.2. The van der Waals surface area contributed by atoms with Gasteiger partial charge in [0, 0.05) is 0 Å². The molecule has 0 bridgehead atoms. The van der Waals surface area contributed by atoms with Crippen molar-refractivity contribution in [3.8, 4) is 5.69 Å². The van der Waals surface area contributed by atoms with Crippen LogP contribution in [0, 0.1) is 0 Å². The molecule has 0 unspecified atom stereocenters. The first-order chi connectivity index (χ1) is 13.0. The molecule has 0 aliphatic rings. The highest BCUT2D eigenvalue weighted by Gasteiger charge is 2.26. The van der Waals surface area contributed by atoms with Crippen LogP contribution >= 0.6 is 0 Å². The molecular weight excluding hydrogens is 356 g/mol. The Morgan fingerprint density at radius 1 is 1.04 bits per heavy atom. The van der Waals surface area contributed by atoms with E-state index in [1.165, 1.54) is 10.9 Å². The van der Waals surface area contributed by atoms with Gasteiger partial charge in [-0.25, -0.2) is 18.3 Å². The molecule has 6 nitrogen and oxygen atoms in total. The molecule has 0 saturated heterocycles. The van der Waals surface area contributed by atoms with Crippen molar-refractivity contribution in [2.45, 2.75) is 13.0 Å². The van der Waals surface area contributed by atoms with Crippen molar-refractivity contribution in [3.05, 3.63) is 78.1 Å². The van der Waals surface area contributed by atoms with Crippen LogP contribution in [0.1, 0.15) is 16.1 Å². The number of benzene rings is 2. The number of nitrogens with one attached hydrogen (secondary N) is 1. The minimum Gasteiger partial charge on any atom is -0.444 e. The van der Waals surface area contributed by atoms with Crippen LogP contribution in [0.5, 0.6) is 0 Å². The summed E-state index contributed by atoms with van der Waals surface area (Å²) >= 11 is 0. The largest absolute Gasteiger partial charge is 0.444 e. The molecule has 27 heavy (non-hydrogen) atoms. The number of hydrogen-bond donors (Lipinski definition) is 1. The number of carbonyl (C=O) groups is 2. The minimum atomic E-state index is -3.25. The summed E-state index contributed by atoms with van der Waals surface area (Å²) in [5, 5.41) is 6.20. The van der Waals surface area contributed by atoms with Crippen LogP contribution in [-0.2, 0) is 11.3 Å². The Hall–Kier alpha value is -3.55. The lowest BCUT2D eigenvalue weighted by molar-refractivity contribution is 0.0673. The second kappa shape index (κ2) is 8.22. The molecule has 0 radical (unpaired) electrons. The zero-order valence-electron chi connectivity index (χ0n) is 14.0. The topological polar surface area (TPSA) is 73.2 Å². The number of ketones is 1. The van der Waals surface area contributed by atoms with Gasteiger partial charge in [-0.3, -0.25) is 10.1 Å². The number of alkyl halides is 2. The average Bonchev–Trinajstić information content (AvgIpc) is 3.11. The Bertz CT molecular complexity index is 928. The third-order valence-electron chi connectivity index (χ3n) is 3.62. The standard InChI is InChI=1S/C19H15F2N3O3/c20-18(21)17(25)16-15(11-24(23-16)14-9-5-2-6-10-14)22-19(26)27-12-13-7-3-1-4-8-13/h1-11,18H,12H2,(H,22,26). The fraction of sp³-hybridized carbons (Fsp3) is 0.105. The summed E-state index contributed by atoms with van der Waals surface area (Å²) in [4.78, 5) is 23.8. The molecule has 8 heteroatoms. The maximum Gasteiger partial charge on any atom is 0.412 e. The highest BCUT2D eigenvalue weighted by Crippen LogP contribution is 2.20. The maximum absolute atomic E-state index is 12.9. The smallest absolute Gasteiger partial charge is 0.412 e. The summed E-state index contributed by atoms with van der Waals surface area (Å²) in [5.41, 5.74) is 0.621. The van der Waals surface area contributed by atoms with Gasteiger partial charge in [0.2, 0.25) is 0 Å². The predicted molar refractivity (Wildman–Crippen MR) is 94.1 cm³/mol. The van der Waals surface area contributed by atoms with Crippen LogP contribution in [0.4, 0.5) is 19.3 Å². The summed E-state index contributed by atoms with van der Waals surface area (Å²) in [6, 6.07) is 17.5. The summed E-state index contributed by atoms with van der Waals surface area (Å²) in [5.74, 6) is -1.48. The molecule has 0 spiro atoms. The van der Waals surface area contributed by atoms with E-state index in [9.17, 15) is 18.4 Å². The van der Waals surface area contributed by atoms with E-state index in [0.717, 1.165) is 5.56 Å². The van der Waals surface area contributed by atoms with Gasteiger partial charge in [0.05, 0.1) is 17.6 Å². The average molecular weight is 371 g/mol. The second-order valence-corrected chi connectivity index (χ2v) is 5.52. The van der Waals surface area contributed by atoms with Crippen molar-refractivity contribution >= 4 is 17.6 Å². The molecule has 2 aromatic carbocycles. The van der Waals surface area contributed by atoms with Gasteiger partial charge in [-0.2, -0.15) is 5.10 Å². The molecule has 1 heterocycles. The van der Waals surface area contributed by atoms with Crippen LogP contribution in [0.15, 0.2) is 66.9 Å². The second-order valence-electron chi connectivity index (χ2n) is 5.52. The first-order valence-corrected chi connectivity index (χ1v) is 8.00. The van der Waals surface area contributed by atoms with Crippen LogP contribution in [0.25, 0.3) is 5.69 Å². The van der Waals surface area contributed by atoms with Gasteiger partial charge in [-0.15, -0.1) is 0 Å². The molecule has 3 aromatic rings. The van der Waals surface area contributed by atoms with E-state index in [4.69, 9.17) is 4.74 Å². The van der Waals surface area contributed by atoms with E-state index in [2.05, 4.69) is 10.4 Å². The molecule has 138 valence electrons.